The van der Waals surface area contributed by atoms with Crippen LogP contribution < -0.4 is 10.3 Å². The molecule has 4 nitrogen and oxygen atoms in total. The van der Waals surface area contributed by atoms with Gasteiger partial charge in [0.05, 0.1) is 18.1 Å². The van der Waals surface area contributed by atoms with Crippen LogP contribution in [0.15, 0.2) is 53.5 Å². The summed E-state index contributed by atoms with van der Waals surface area (Å²) in [4.78, 5) is 15.2. The Morgan fingerprint density at radius 2 is 2.00 bits per heavy atom. The van der Waals surface area contributed by atoms with Crippen LogP contribution in [0.5, 0.6) is 5.75 Å². The monoisotopic (exact) mass is 264 g/mol. The lowest BCUT2D eigenvalue weighted by molar-refractivity contribution is 0.415. The maximum atomic E-state index is 12.3. The van der Waals surface area contributed by atoms with Crippen LogP contribution in [0.4, 0.5) is 0 Å². The molecule has 0 bridgehead atoms. The molecule has 4 heteroatoms. The number of benzene rings is 2. The molecule has 0 unspecified atom stereocenters. The Morgan fingerprint density at radius 1 is 1.15 bits per heavy atom. The van der Waals surface area contributed by atoms with Crippen molar-refractivity contribution >= 4 is 27.3 Å². The highest BCUT2D eigenvalue weighted by Crippen LogP contribution is 2.24. The summed E-state index contributed by atoms with van der Waals surface area (Å²) in [5, 5.41) is 2.01. The molecule has 0 aliphatic heterocycles. The maximum absolute atomic E-state index is 12.3. The number of hydrogen-bond donors (Lipinski definition) is 1. The first-order chi connectivity index (χ1) is 9.78. The molecule has 0 spiro atoms. The zero-order chi connectivity index (χ0) is 13.7. The van der Waals surface area contributed by atoms with E-state index in [-0.39, 0.29) is 5.56 Å². The van der Waals surface area contributed by atoms with Gasteiger partial charge in [0.2, 0.25) is 0 Å². The first-order valence-corrected chi connectivity index (χ1v) is 6.38. The summed E-state index contributed by atoms with van der Waals surface area (Å²) in [7, 11) is 1.64. The predicted molar refractivity (Wildman–Crippen MR) is 79.6 cm³/mol. The third-order valence-electron chi connectivity index (χ3n) is 3.65. The third-order valence-corrected chi connectivity index (χ3v) is 3.65. The van der Waals surface area contributed by atoms with Crippen molar-refractivity contribution in [3.63, 3.8) is 0 Å². The van der Waals surface area contributed by atoms with Crippen LogP contribution in [0, 0.1) is 0 Å². The number of nitrogens with one attached hydrogen (secondary N) is 1. The largest absolute Gasteiger partial charge is 0.497 e. The lowest BCUT2D eigenvalue weighted by atomic mass is 10.2. The molecule has 0 atom stereocenters. The second kappa shape index (κ2) is 3.87. The summed E-state index contributed by atoms with van der Waals surface area (Å²) in [5.74, 6) is 0.767. The molecule has 0 radical (unpaired) electrons. The van der Waals surface area contributed by atoms with Gasteiger partial charge in [-0.15, -0.1) is 0 Å². The van der Waals surface area contributed by atoms with Crippen LogP contribution in [0.1, 0.15) is 0 Å². The number of fused-ring (bicyclic) bond motifs is 5. The number of aromatic amines is 1. The van der Waals surface area contributed by atoms with Crippen molar-refractivity contribution in [3.05, 3.63) is 59.0 Å². The topological polar surface area (TPSA) is 46.5 Å². The number of ether oxygens (including phenoxy) is 1. The summed E-state index contributed by atoms with van der Waals surface area (Å²) in [6.07, 6.45) is 1.99. The first-order valence-electron chi connectivity index (χ1n) is 6.38. The van der Waals surface area contributed by atoms with Crippen LogP contribution in [0.25, 0.3) is 27.3 Å². The van der Waals surface area contributed by atoms with Gasteiger partial charge in [-0.3, -0.25) is 4.79 Å². The van der Waals surface area contributed by atoms with Crippen molar-refractivity contribution < 1.29 is 4.74 Å². The minimum atomic E-state index is -0.0798. The van der Waals surface area contributed by atoms with Gasteiger partial charge < -0.3 is 14.1 Å². The van der Waals surface area contributed by atoms with Crippen LogP contribution >= 0.6 is 0 Å². The van der Waals surface area contributed by atoms with E-state index in [1.165, 1.54) is 0 Å². The Bertz CT molecular complexity index is 1010. The van der Waals surface area contributed by atoms with E-state index in [0.717, 1.165) is 27.6 Å². The van der Waals surface area contributed by atoms with Gasteiger partial charge in [-0.05, 0) is 12.1 Å². The Morgan fingerprint density at radius 3 is 2.85 bits per heavy atom. The van der Waals surface area contributed by atoms with Gasteiger partial charge in [0.1, 0.15) is 11.3 Å². The van der Waals surface area contributed by atoms with Gasteiger partial charge in [-0.2, -0.15) is 0 Å². The highest BCUT2D eigenvalue weighted by molar-refractivity contribution is 5.99. The molecule has 0 saturated carbocycles. The van der Waals surface area contributed by atoms with Gasteiger partial charge in [0.15, 0.2) is 0 Å². The molecule has 4 rings (SSSR count). The fourth-order valence-electron chi connectivity index (χ4n) is 2.71. The van der Waals surface area contributed by atoms with Crippen molar-refractivity contribution in [3.8, 4) is 5.75 Å². The average Bonchev–Trinajstić information content (AvgIpc) is 2.87. The maximum Gasteiger partial charge on any atom is 0.273 e. The number of rotatable bonds is 1. The Labute approximate surface area is 114 Å². The molecule has 0 amide bonds. The predicted octanol–water partition coefficient (Wildman–Crippen LogP) is 2.94. The smallest absolute Gasteiger partial charge is 0.273 e. The van der Waals surface area contributed by atoms with Crippen molar-refractivity contribution in [1.29, 1.82) is 0 Å². The second-order valence-corrected chi connectivity index (χ2v) is 4.77. The van der Waals surface area contributed by atoms with E-state index < -0.39 is 0 Å². The molecule has 0 saturated heterocycles. The van der Waals surface area contributed by atoms with Crippen LogP contribution in [0.2, 0.25) is 0 Å². The van der Waals surface area contributed by atoms with E-state index in [1.54, 1.807) is 7.11 Å². The number of nitrogens with zero attached hydrogens (tertiary/aromatic N) is 1. The third kappa shape index (κ3) is 1.39. The lowest BCUT2D eigenvalue weighted by Gasteiger charge is -2.05. The standard InChI is InChI=1S/C16H12N2O2/c1-20-11-6-7-13-14(8-11)18-9-10-4-2-3-5-12(10)15(18)16(19)17-13/h2-9H,1H3,(H,17,19). The highest BCUT2D eigenvalue weighted by Gasteiger charge is 2.10. The summed E-state index contributed by atoms with van der Waals surface area (Å²) >= 11 is 0. The van der Waals surface area contributed by atoms with Crippen molar-refractivity contribution in [2.45, 2.75) is 0 Å². The van der Waals surface area contributed by atoms with Crippen LogP contribution in [0.3, 0.4) is 0 Å². The quantitative estimate of drug-likeness (QED) is 0.574. The van der Waals surface area contributed by atoms with Gasteiger partial charge in [-0.25, -0.2) is 0 Å². The molecule has 2 heterocycles. The Kier molecular flexibility index (Phi) is 2.15. The Balaban J connectivity index is 2.31. The summed E-state index contributed by atoms with van der Waals surface area (Å²) in [5.41, 5.74) is 2.31. The molecule has 4 aromatic rings. The minimum Gasteiger partial charge on any atom is -0.497 e. The number of methoxy groups -OCH3 is 1. The highest BCUT2D eigenvalue weighted by atomic mass is 16.5. The van der Waals surface area contributed by atoms with Gasteiger partial charge >= 0.3 is 0 Å². The zero-order valence-corrected chi connectivity index (χ0v) is 10.9. The first kappa shape index (κ1) is 11.1. The molecule has 2 aromatic carbocycles. The molecular formula is C16H12N2O2. The van der Waals surface area contributed by atoms with E-state index in [4.69, 9.17) is 4.74 Å². The van der Waals surface area contributed by atoms with Crippen LogP contribution in [-0.2, 0) is 0 Å². The van der Waals surface area contributed by atoms with Crippen molar-refractivity contribution in [2.75, 3.05) is 7.11 Å². The number of aromatic nitrogens is 2. The molecule has 0 aliphatic carbocycles. The van der Waals surface area contributed by atoms with Crippen molar-refractivity contribution in [1.82, 2.24) is 9.38 Å². The van der Waals surface area contributed by atoms with E-state index in [9.17, 15) is 4.79 Å². The van der Waals surface area contributed by atoms with Crippen LogP contribution in [-0.4, -0.2) is 16.5 Å². The fraction of sp³-hybridized carbons (Fsp3) is 0.0625. The zero-order valence-electron chi connectivity index (χ0n) is 10.9. The molecule has 98 valence electrons. The summed E-state index contributed by atoms with van der Waals surface area (Å²) < 4.78 is 7.20. The molecule has 20 heavy (non-hydrogen) atoms. The van der Waals surface area contributed by atoms with Gasteiger partial charge in [0, 0.05) is 23.0 Å². The van der Waals surface area contributed by atoms with E-state index in [0.29, 0.717) is 5.52 Å². The SMILES string of the molecule is COc1ccc2[nH]c(=O)c3c4ccccc4cn3c2c1. The number of hydrogen-bond acceptors (Lipinski definition) is 2. The Hall–Kier alpha value is -2.75. The molecule has 0 fully saturated rings. The second-order valence-electron chi connectivity index (χ2n) is 4.77. The number of H-pyrrole nitrogens is 1. The lowest BCUT2D eigenvalue weighted by Crippen LogP contribution is -2.09. The van der Waals surface area contributed by atoms with E-state index in [1.807, 2.05) is 53.1 Å². The normalized spacial score (nSPS) is 11.4. The van der Waals surface area contributed by atoms with E-state index >= 15 is 0 Å². The minimum absolute atomic E-state index is 0.0798. The van der Waals surface area contributed by atoms with Gasteiger partial charge in [0.25, 0.3) is 5.56 Å². The molecule has 1 N–H and O–H groups in total. The summed E-state index contributed by atoms with van der Waals surface area (Å²) in [6, 6.07) is 13.5. The fourth-order valence-corrected chi connectivity index (χ4v) is 2.71. The average molecular weight is 264 g/mol. The molecular weight excluding hydrogens is 252 g/mol. The van der Waals surface area contributed by atoms with Gasteiger partial charge in [-0.1, -0.05) is 24.3 Å². The molecule has 2 aromatic heterocycles. The summed E-state index contributed by atoms with van der Waals surface area (Å²) in [6.45, 7) is 0. The molecule has 0 aliphatic rings. The van der Waals surface area contributed by atoms with E-state index in [2.05, 4.69) is 4.98 Å². The van der Waals surface area contributed by atoms with Crippen molar-refractivity contribution in [2.24, 2.45) is 0 Å².